The molecule has 0 fully saturated rings. The molecule has 0 aromatic heterocycles. The Bertz CT molecular complexity index is 532. The average molecular weight is 287 g/mol. The Labute approximate surface area is 113 Å². The Hall–Kier alpha value is -2.15. The molecule has 1 atom stereocenters. The normalized spacial score (nSPS) is 11.7. The number of carboxylic acids is 1. The summed E-state index contributed by atoms with van der Waals surface area (Å²) < 4.78 is 0. The number of halogens is 1. The summed E-state index contributed by atoms with van der Waals surface area (Å²) in [6.45, 7) is 1.36. The maximum atomic E-state index is 11.7. The van der Waals surface area contributed by atoms with Gasteiger partial charge in [0.2, 0.25) is 0 Å². The van der Waals surface area contributed by atoms with Crippen LogP contribution in [0.2, 0.25) is 5.02 Å². The number of hydrogen-bond acceptors (Lipinski definition) is 4. The summed E-state index contributed by atoms with van der Waals surface area (Å²) in [6, 6.07) is 3.47. The van der Waals surface area contributed by atoms with Gasteiger partial charge in [0.15, 0.2) is 0 Å². The average Bonchev–Trinajstić information content (AvgIpc) is 2.34. The minimum absolute atomic E-state index is 0.0109. The maximum Gasteiger partial charge on any atom is 0.308 e. The van der Waals surface area contributed by atoms with Crippen molar-refractivity contribution in [2.45, 2.75) is 6.92 Å². The molecule has 7 nitrogen and oxygen atoms in total. The van der Waals surface area contributed by atoms with Crippen molar-refractivity contribution in [1.29, 1.82) is 0 Å². The van der Waals surface area contributed by atoms with E-state index < -0.39 is 22.7 Å². The number of hydrogen-bond donors (Lipinski definition) is 2. The van der Waals surface area contributed by atoms with E-state index in [9.17, 15) is 19.7 Å². The van der Waals surface area contributed by atoms with Crippen LogP contribution in [0.5, 0.6) is 0 Å². The maximum absolute atomic E-state index is 11.7. The molecule has 0 saturated carbocycles. The van der Waals surface area contributed by atoms with Gasteiger partial charge in [0.05, 0.1) is 10.8 Å². The van der Waals surface area contributed by atoms with E-state index in [1.165, 1.54) is 13.0 Å². The Morgan fingerprint density at radius 2 is 2.11 bits per heavy atom. The molecule has 0 saturated heterocycles. The standard InChI is InChI=1S/C11H11ClN2O5/c1-6(11(16)17)5-13-10(15)7-2-8(12)4-9(3-7)14(18)19/h2-4,6H,5H2,1H3,(H,13,15)(H,16,17). The van der Waals surface area contributed by atoms with Gasteiger partial charge >= 0.3 is 5.97 Å². The monoisotopic (exact) mass is 286 g/mol. The lowest BCUT2D eigenvalue weighted by molar-refractivity contribution is -0.384. The van der Waals surface area contributed by atoms with E-state index in [1.807, 2.05) is 0 Å². The summed E-state index contributed by atoms with van der Waals surface area (Å²) in [7, 11) is 0. The highest BCUT2D eigenvalue weighted by molar-refractivity contribution is 6.31. The van der Waals surface area contributed by atoms with Gasteiger partial charge in [-0.25, -0.2) is 0 Å². The molecular weight excluding hydrogens is 276 g/mol. The zero-order valence-corrected chi connectivity index (χ0v) is 10.7. The van der Waals surface area contributed by atoms with Crippen LogP contribution in [0, 0.1) is 16.0 Å². The first-order chi connectivity index (χ1) is 8.81. The van der Waals surface area contributed by atoms with Gasteiger partial charge in [-0.1, -0.05) is 18.5 Å². The highest BCUT2D eigenvalue weighted by atomic mass is 35.5. The number of nitrogens with one attached hydrogen (secondary N) is 1. The first-order valence-corrected chi connectivity index (χ1v) is 5.65. The molecule has 1 aromatic rings. The first kappa shape index (κ1) is 14.9. The van der Waals surface area contributed by atoms with Crippen molar-refractivity contribution in [1.82, 2.24) is 5.32 Å². The van der Waals surface area contributed by atoms with Crippen LogP contribution in [0.15, 0.2) is 18.2 Å². The largest absolute Gasteiger partial charge is 0.481 e. The van der Waals surface area contributed by atoms with Crippen molar-refractivity contribution in [2.75, 3.05) is 6.54 Å². The summed E-state index contributed by atoms with van der Waals surface area (Å²) in [5.41, 5.74) is -0.291. The van der Waals surface area contributed by atoms with Crippen molar-refractivity contribution in [2.24, 2.45) is 5.92 Å². The second-order valence-electron chi connectivity index (χ2n) is 3.90. The Balaban J connectivity index is 2.82. The molecule has 0 spiro atoms. The molecule has 0 bridgehead atoms. The van der Waals surface area contributed by atoms with Crippen LogP contribution < -0.4 is 5.32 Å². The zero-order chi connectivity index (χ0) is 14.6. The smallest absolute Gasteiger partial charge is 0.308 e. The molecule has 2 N–H and O–H groups in total. The van der Waals surface area contributed by atoms with E-state index >= 15 is 0 Å². The molecular formula is C11H11ClN2O5. The van der Waals surface area contributed by atoms with Crippen molar-refractivity contribution in [3.63, 3.8) is 0 Å². The molecule has 0 radical (unpaired) electrons. The van der Waals surface area contributed by atoms with E-state index in [-0.39, 0.29) is 22.8 Å². The number of carbonyl (C=O) groups excluding carboxylic acids is 1. The van der Waals surface area contributed by atoms with Gasteiger partial charge in [-0.2, -0.15) is 0 Å². The van der Waals surface area contributed by atoms with E-state index in [4.69, 9.17) is 16.7 Å². The fraction of sp³-hybridized carbons (Fsp3) is 0.273. The Morgan fingerprint density at radius 1 is 1.47 bits per heavy atom. The minimum atomic E-state index is -1.04. The van der Waals surface area contributed by atoms with Crippen LogP contribution in [0.25, 0.3) is 0 Å². The molecule has 1 aromatic carbocycles. The molecule has 1 amide bonds. The van der Waals surface area contributed by atoms with Crippen LogP contribution in [-0.2, 0) is 4.79 Å². The van der Waals surface area contributed by atoms with E-state index in [2.05, 4.69) is 5.32 Å². The number of rotatable bonds is 5. The number of carboxylic acid groups (broad SMARTS) is 1. The zero-order valence-electron chi connectivity index (χ0n) is 9.92. The van der Waals surface area contributed by atoms with Crippen LogP contribution in [0.4, 0.5) is 5.69 Å². The molecule has 1 rings (SSSR count). The lowest BCUT2D eigenvalue weighted by atomic mass is 10.1. The summed E-state index contributed by atoms with van der Waals surface area (Å²) >= 11 is 5.67. The van der Waals surface area contributed by atoms with Crippen molar-refractivity contribution >= 4 is 29.2 Å². The summed E-state index contributed by atoms with van der Waals surface area (Å²) in [4.78, 5) is 32.3. The minimum Gasteiger partial charge on any atom is -0.481 e. The van der Waals surface area contributed by atoms with Crippen molar-refractivity contribution < 1.29 is 19.6 Å². The predicted molar refractivity (Wildman–Crippen MR) is 67.2 cm³/mol. The molecule has 0 aliphatic carbocycles. The number of non-ortho nitro benzene ring substituents is 1. The Kier molecular flexibility index (Phi) is 4.82. The fourth-order valence-corrected chi connectivity index (χ4v) is 1.48. The summed E-state index contributed by atoms with van der Waals surface area (Å²) in [5.74, 6) is -2.41. The second kappa shape index (κ2) is 6.14. The van der Waals surface area contributed by atoms with Gasteiger partial charge in [-0.3, -0.25) is 19.7 Å². The number of nitro benzene ring substituents is 1. The number of benzene rings is 1. The Morgan fingerprint density at radius 3 is 2.63 bits per heavy atom. The van der Waals surface area contributed by atoms with E-state index in [1.54, 1.807) is 0 Å². The van der Waals surface area contributed by atoms with Crippen molar-refractivity contribution in [3.05, 3.63) is 38.9 Å². The van der Waals surface area contributed by atoms with Gasteiger partial charge < -0.3 is 10.4 Å². The quantitative estimate of drug-likeness (QED) is 0.632. The topological polar surface area (TPSA) is 110 Å². The van der Waals surface area contributed by atoms with Gasteiger partial charge in [-0.15, -0.1) is 0 Å². The molecule has 0 aliphatic rings. The molecule has 1 unspecified atom stereocenters. The van der Waals surface area contributed by atoms with E-state index in [0.717, 1.165) is 12.1 Å². The molecule has 0 heterocycles. The predicted octanol–water partition coefficient (Wildman–Crippen LogP) is 1.70. The summed E-state index contributed by atoms with van der Waals surface area (Å²) in [6.07, 6.45) is 0. The third kappa shape index (κ3) is 4.22. The number of nitro groups is 1. The second-order valence-corrected chi connectivity index (χ2v) is 4.34. The van der Waals surface area contributed by atoms with Gasteiger partial charge in [0.25, 0.3) is 11.6 Å². The van der Waals surface area contributed by atoms with Gasteiger partial charge in [0, 0.05) is 29.3 Å². The van der Waals surface area contributed by atoms with Crippen LogP contribution >= 0.6 is 11.6 Å². The lowest BCUT2D eigenvalue weighted by Crippen LogP contribution is -2.31. The first-order valence-electron chi connectivity index (χ1n) is 5.27. The van der Waals surface area contributed by atoms with Gasteiger partial charge in [0.1, 0.15) is 0 Å². The number of nitrogens with zero attached hydrogens (tertiary/aromatic N) is 1. The number of aliphatic carboxylic acids is 1. The molecule has 8 heteroatoms. The fourth-order valence-electron chi connectivity index (χ4n) is 1.25. The highest BCUT2D eigenvalue weighted by Crippen LogP contribution is 2.20. The number of amides is 1. The van der Waals surface area contributed by atoms with Crippen LogP contribution in [-0.4, -0.2) is 28.5 Å². The third-order valence-corrected chi connectivity index (χ3v) is 2.56. The van der Waals surface area contributed by atoms with Crippen LogP contribution in [0.3, 0.4) is 0 Å². The summed E-state index contributed by atoms with van der Waals surface area (Å²) in [5, 5.41) is 21.7. The lowest BCUT2D eigenvalue weighted by Gasteiger charge is -2.08. The van der Waals surface area contributed by atoms with Crippen LogP contribution in [0.1, 0.15) is 17.3 Å². The highest BCUT2D eigenvalue weighted by Gasteiger charge is 2.16. The molecule has 19 heavy (non-hydrogen) atoms. The number of carbonyl (C=O) groups is 2. The van der Waals surface area contributed by atoms with Gasteiger partial charge in [-0.05, 0) is 6.07 Å². The SMILES string of the molecule is CC(CNC(=O)c1cc(Cl)cc([N+](=O)[O-])c1)C(=O)O. The van der Waals surface area contributed by atoms with Crippen molar-refractivity contribution in [3.8, 4) is 0 Å². The molecule has 0 aliphatic heterocycles. The van der Waals surface area contributed by atoms with E-state index in [0.29, 0.717) is 0 Å². The third-order valence-electron chi connectivity index (χ3n) is 2.35. The molecule has 102 valence electrons.